The van der Waals surface area contributed by atoms with Crippen molar-refractivity contribution < 1.29 is 13.2 Å². The molecule has 0 heterocycles. The Morgan fingerprint density at radius 1 is 1.10 bits per heavy atom. The standard InChI is InChI=1S/C15H24N2O3S/c1-20-11-10-16-8-9-17-21(18,19)15-7-6-13-4-2-3-5-14(13)12-15/h6-7,12,16-17H,2-5,8-11H2,1H3. The van der Waals surface area contributed by atoms with Gasteiger partial charge in [-0.2, -0.15) is 0 Å². The average molecular weight is 312 g/mol. The Hall–Kier alpha value is -0.950. The first-order valence-electron chi connectivity index (χ1n) is 7.44. The first kappa shape index (κ1) is 16.4. The predicted octanol–water partition coefficient (Wildman–Crippen LogP) is 1.08. The van der Waals surface area contributed by atoms with Gasteiger partial charge in [-0.3, -0.25) is 0 Å². The number of nitrogens with one attached hydrogen (secondary N) is 2. The molecule has 2 N–H and O–H groups in total. The summed E-state index contributed by atoms with van der Waals surface area (Å²) in [6.07, 6.45) is 4.39. The van der Waals surface area contributed by atoms with Crippen molar-refractivity contribution in [2.45, 2.75) is 30.6 Å². The number of rotatable bonds is 8. The van der Waals surface area contributed by atoms with Crippen molar-refractivity contribution in [2.24, 2.45) is 0 Å². The molecule has 1 aliphatic rings. The van der Waals surface area contributed by atoms with Gasteiger partial charge in [-0.05, 0) is 48.9 Å². The second-order valence-corrected chi connectivity index (χ2v) is 7.05. The van der Waals surface area contributed by atoms with Crippen LogP contribution in [0.4, 0.5) is 0 Å². The van der Waals surface area contributed by atoms with E-state index in [1.54, 1.807) is 13.2 Å². The molecule has 1 aliphatic carbocycles. The summed E-state index contributed by atoms with van der Waals surface area (Å²) in [6.45, 7) is 2.31. The van der Waals surface area contributed by atoms with E-state index < -0.39 is 10.0 Å². The fourth-order valence-corrected chi connectivity index (χ4v) is 3.62. The first-order valence-corrected chi connectivity index (χ1v) is 8.93. The molecule has 21 heavy (non-hydrogen) atoms. The Morgan fingerprint density at radius 2 is 1.86 bits per heavy atom. The fourth-order valence-electron chi connectivity index (χ4n) is 2.53. The van der Waals surface area contributed by atoms with E-state index in [1.165, 1.54) is 17.5 Å². The van der Waals surface area contributed by atoms with Gasteiger partial charge in [0.05, 0.1) is 11.5 Å². The van der Waals surface area contributed by atoms with Crippen LogP contribution < -0.4 is 10.0 Å². The van der Waals surface area contributed by atoms with Crippen molar-refractivity contribution in [3.05, 3.63) is 29.3 Å². The highest BCUT2D eigenvalue weighted by atomic mass is 32.2. The SMILES string of the molecule is COCCNCCNS(=O)(=O)c1ccc2c(c1)CCCC2. The molecule has 0 amide bonds. The Kier molecular flexibility index (Phi) is 6.17. The lowest BCUT2D eigenvalue weighted by Gasteiger charge is -2.16. The van der Waals surface area contributed by atoms with Crippen LogP contribution >= 0.6 is 0 Å². The van der Waals surface area contributed by atoms with Crippen molar-refractivity contribution in [2.75, 3.05) is 33.4 Å². The van der Waals surface area contributed by atoms with Crippen LogP contribution in [0.2, 0.25) is 0 Å². The summed E-state index contributed by atoms with van der Waals surface area (Å²) < 4.78 is 32.0. The number of hydrogen-bond acceptors (Lipinski definition) is 4. The molecule has 0 saturated carbocycles. The molecule has 0 unspecified atom stereocenters. The van der Waals surface area contributed by atoms with E-state index in [0.29, 0.717) is 24.6 Å². The van der Waals surface area contributed by atoms with Gasteiger partial charge in [-0.25, -0.2) is 13.1 Å². The van der Waals surface area contributed by atoms with Gasteiger partial charge in [0.1, 0.15) is 0 Å². The third kappa shape index (κ3) is 4.78. The molecule has 0 atom stereocenters. The van der Waals surface area contributed by atoms with E-state index in [9.17, 15) is 8.42 Å². The molecule has 2 rings (SSSR count). The van der Waals surface area contributed by atoms with Crippen LogP contribution in [0.25, 0.3) is 0 Å². The summed E-state index contributed by atoms with van der Waals surface area (Å²) in [4.78, 5) is 0.375. The van der Waals surface area contributed by atoms with E-state index in [4.69, 9.17) is 4.74 Å². The van der Waals surface area contributed by atoms with Crippen molar-refractivity contribution >= 4 is 10.0 Å². The Bertz CT molecular complexity index is 558. The van der Waals surface area contributed by atoms with E-state index >= 15 is 0 Å². The molecule has 1 aromatic rings. The summed E-state index contributed by atoms with van der Waals surface area (Å²) in [5.41, 5.74) is 2.48. The van der Waals surface area contributed by atoms with E-state index in [2.05, 4.69) is 10.0 Å². The van der Waals surface area contributed by atoms with E-state index in [0.717, 1.165) is 25.8 Å². The summed E-state index contributed by atoms with van der Waals surface area (Å²) in [7, 11) is -1.77. The molecular weight excluding hydrogens is 288 g/mol. The zero-order valence-electron chi connectivity index (χ0n) is 12.5. The predicted molar refractivity (Wildman–Crippen MR) is 83.0 cm³/mol. The highest BCUT2D eigenvalue weighted by Gasteiger charge is 2.17. The third-order valence-electron chi connectivity index (χ3n) is 3.71. The number of aryl methyl sites for hydroxylation is 2. The van der Waals surface area contributed by atoms with Crippen molar-refractivity contribution in [1.29, 1.82) is 0 Å². The van der Waals surface area contributed by atoms with Gasteiger partial charge >= 0.3 is 0 Å². The normalized spacial score (nSPS) is 14.9. The van der Waals surface area contributed by atoms with Crippen LogP contribution in [0.3, 0.4) is 0 Å². The maximum absolute atomic E-state index is 12.2. The molecule has 118 valence electrons. The van der Waals surface area contributed by atoms with Crippen LogP contribution in [-0.2, 0) is 27.6 Å². The molecule has 5 nitrogen and oxygen atoms in total. The number of benzene rings is 1. The number of ether oxygens (including phenoxy) is 1. The third-order valence-corrected chi connectivity index (χ3v) is 5.17. The van der Waals surface area contributed by atoms with E-state index in [1.807, 2.05) is 12.1 Å². The summed E-state index contributed by atoms with van der Waals surface area (Å²) in [6, 6.07) is 5.50. The topological polar surface area (TPSA) is 67.4 Å². The minimum atomic E-state index is -3.41. The van der Waals surface area contributed by atoms with Crippen LogP contribution in [0, 0.1) is 0 Å². The molecule has 0 aromatic heterocycles. The number of sulfonamides is 1. The molecule has 1 aromatic carbocycles. The van der Waals surface area contributed by atoms with Crippen molar-refractivity contribution in [3.63, 3.8) is 0 Å². The smallest absolute Gasteiger partial charge is 0.240 e. The maximum atomic E-state index is 12.2. The lowest BCUT2D eigenvalue weighted by Crippen LogP contribution is -2.33. The highest BCUT2D eigenvalue weighted by Crippen LogP contribution is 2.23. The van der Waals surface area contributed by atoms with Crippen molar-refractivity contribution in [1.82, 2.24) is 10.0 Å². The van der Waals surface area contributed by atoms with Crippen LogP contribution in [0.1, 0.15) is 24.0 Å². The molecule has 0 aliphatic heterocycles. The Morgan fingerprint density at radius 3 is 2.62 bits per heavy atom. The number of methoxy groups -OCH3 is 1. The minimum Gasteiger partial charge on any atom is -0.383 e. The highest BCUT2D eigenvalue weighted by molar-refractivity contribution is 7.89. The summed E-state index contributed by atoms with van der Waals surface area (Å²) >= 11 is 0. The quantitative estimate of drug-likeness (QED) is 0.705. The van der Waals surface area contributed by atoms with Crippen LogP contribution in [0.5, 0.6) is 0 Å². The van der Waals surface area contributed by atoms with Gasteiger partial charge in [0.25, 0.3) is 0 Å². The average Bonchev–Trinajstić information content (AvgIpc) is 2.50. The number of hydrogen-bond donors (Lipinski definition) is 2. The first-order chi connectivity index (χ1) is 10.1. The number of fused-ring (bicyclic) bond motifs is 1. The van der Waals surface area contributed by atoms with Gasteiger partial charge in [-0.1, -0.05) is 6.07 Å². The summed E-state index contributed by atoms with van der Waals surface area (Å²) in [5, 5.41) is 3.11. The van der Waals surface area contributed by atoms with Gasteiger partial charge in [0.15, 0.2) is 0 Å². The molecule has 0 bridgehead atoms. The molecule has 0 spiro atoms. The zero-order chi connectivity index (χ0) is 15.1. The Balaban J connectivity index is 1.90. The van der Waals surface area contributed by atoms with E-state index in [-0.39, 0.29) is 0 Å². The van der Waals surface area contributed by atoms with Gasteiger partial charge < -0.3 is 10.1 Å². The summed E-state index contributed by atoms with van der Waals surface area (Å²) in [5.74, 6) is 0. The van der Waals surface area contributed by atoms with Crippen LogP contribution in [0.15, 0.2) is 23.1 Å². The minimum absolute atomic E-state index is 0.375. The second-order valence-electron chi connectivity index (χ2n) is 5.28. The Labute approximate surface area is 127 Å². The monoisotopic (exact) mass is 312 g/mol. The molecule has 0 fully saturated rings. The lowest BCUT2D eigenvalue weighted by molar-refractivity contribution is 0.199. The maximum Gasteiger partial charge on any atom is 0.240 e. The largest absolute Gasteiger partial charge is 0.383 e. The van der Waals surface area contributed by atoms with Crippen molar-refractivity contribution in [3.8, 4) is 0 Å². The molecule has 0 saturated heterocycles. The molecule has 0 radical (unpaired) electrons. The fraction of sp³-hybridized carbons (Fsp3) is 0.600. The molecule has 6 heteroatoms. The second kappa shape index (κ2) is 7.89. The van der Waals surface area contributed by atoms with Gasteiger partial charge in [-0.15, -0.1) is 0 Å². The zero-order valence-corrected chi connectivity index (χ0v) is 13.3. The van der Waals surface area contributed by atoms with Crippen LogP contribution in [-0.4, -0.2) is 41.8 Å². The van der Waals surface area contributed by atoms with Gasteiger partial charge in [0.2, 0.25) is 10.0 Å². The van der Waals surface area contributed by atoms with Gasteiger partial charge in [0, 0.05) is 26.7 Å². The molecular formula is C15H24N2O3S. The lowest BCUT2D eigenvalue weighted by atomic mass is 9.92.